The molecule has 29 heavy (non-hydrogen) atoms. The van der Waals surface area contributed by atoms with Crippen LogP contribution in [-0.2, 0) is 0 Å². The first kappa shape index (κ1) is 18.2. The second-order valence-electron chi connectivity index (χ2n) is 6.30. The van der Waals surface area contributed by atoms with Crippen molar-refractivity contribution in [2.45, 2.75) is 0 Å². The monoisotopic (exact) mass is 386 g/mol. The molecule has 1 aromatic carbocycles. The van der Waals surface area contributed by atoms with Gasteiger partial charge in [-0.05, 0) is 30.3 Å². The van der Waals surface area contributed by atoms with Gasteiger partial charge in [0.1, 0.15) is 5.82 Å². The lowest BCUT2D eigenvalue weighted by atomic mass is 10.1. The summed E-state index contributed by atoms with van der Waals surface area (Å²) in [6.07, 6.45) is 5.05. The third kappa shape index (κ3) is 3.51. The van der Waals surface area contributed by atoms with Crippen molar-refractivity contribution < 1.29 is 9.53 Å². The summed E-state index contributed by atoms with van der Waals surface area (Å²) in [7, 11) is 1.53. The number of aromatic amines is 1. The molecule has 4 rings (SSSR count). The predicted octanol–water partition coefficient (Wildman–Crippen LogP) is 2.89. The molecule has 0 saturated heterocycles. The Labute approximate surface area is 166 Å². The van der Waals surface area contributed by atoms with Gasteiger partial charge in [0.15, 0.2) is 11.6 Å². The molecule has 8 nitrogen and oxygen atoms in total. The lowest BCUT2D eigenvalue weighted by Gasteiger charge is -2.07. The van der Waals surface area contributed by atoms with Crippen LogP contribution in [0.15, 0.2) is 61.1 Å². The Morgan fingerprint density at radius 2 is 1.86 bits per heavy atom. The number of pyridine rings is 2. The lowest BCUT2D eigenvalue weighted by molar-refractivity contribution is 0.100. The summed E-state index contributed by atoms with van der Waals surface area (Å²) >= 11 is 0. The smallest absolute Gasteiger partial charge is 0.248 e. The van der Waals surface area contributed by atoms with E-state index in [1.165, 1.54) is 7.11 Å². The van der Waals surface area contributed by atoms with Gasteiger partial charge in [0.05, 0.1) is 18.5 Å². The Bertz CT molecular complexity index is 1190. The fourth-order valence-corrected chi connectivity index (χ4v) is 3.01. The molecule has 3 heterocycles. The van der Waals surface area contributed by atoms with E-state index in [1.54, 1.807) is 42.9 Å². The number of amides is 1. The molecule has 0 unspecified atom stereocenters. The number of H-pyrrole nitrogens is 1. The molecule has 0 bridgehead atoms. The second kappa shape index (κ2) is 7.43. The van der Waals surface area contributed by atoms with Gasteiger partial charge in [0, 0.05) is 40.8 Å². The third-order valence-electron chi connectivity index (χ3n) is 4.47. The number of methoxy groups -OCH3 is 1. The number of benzene rings is 1. The van der Waals surface area contributed by atoms with Gasteiger partial charge in [-0.15, -0.1) is 0 Å². The van der Waals surface area contributed by atoms with Crippen LogP contribution in [-0.4, -0.2) is 33.0 Å². The largest absolute Gasteiger partial charge is 0.493 e. The van der Waals surface area contributed by atoms with Crippen LogP contribution in [0.3, 0.4) is 0 Å². The zero-order chi connectivity index (χ0) is 20.4. The van der Waals surface area contributed by atoms with Gasteiger partial charge in [0.25, 0.3) is 0 Å². The van der Waals surface area contributed by atoms with Gasteiger partial charge in [-0.3, -0.25) is 9.78 Å². The first-order valence-corrected chi connectivity index (χ1v) is 8.77. The number of nitrogen functional groups attached to an aromatic ring is 1. The van der Waals surface area contributed by atoms with E-state index < -0.39 is 5.91 Å². The van der Waals surface area contributed by atoms with E-state index in [0.29, 0.717) is 28.6 Å². The molecule has 0 radical (unpaired) electrons. The maximum atomic E-state index is 11.6. The summed E-state index contributed by atoms with van der Waals surface area (Å²) in [5, 5.41) is 0. The fraction of sp³-hybridized carbons (Fsp3) is 0.0476. The number of imidazole rings is 1. The van der Waals surface area contributed by atoms with Crippen molar-refractivity contribution in [2.75, 3.05) is 12.8 Å². The zero-order valence-electron chi connectivity index (χ0n) is 15.6. The molecule has 0 spiro atoms. The molecule has 0 aliphatic rings. The number of ether oxygens (including phenoxy) is 1. The minimum Gasteiger partial charge on any atom is -0.493 e. The van der Waals surface area contributed by atoms with Crippen LogP contribution in [0.4, 0.5) is 5.82 Å². The normalized spacial score (nSPS) is 10.7. The Morgan fingerprint density at radius 3 is 2.59 bits per heavy atom. The van der Waals surface area contributed by atoms with E-state index in [0.717, 1.165) is 22.4 Å². The van der Waals surface area contributed by atoms with Gasteiger partial charge >= 0.3 is 0 Å². The second-order valence-corrected chi connectivity index (χ2v) is 6.30. The molecule has 1 amide bonds. The lowest BCUT2D eigenvalue weighted by Crippen LogP contribution is -2.10. The van der Waals surface area contributed by atoms with Gasteiger partial charge in [-0.2, -0.15) is 0 Å². The summed E-state index contributed by atoms with van der Waals surface area (Å²) in [5.74, 6) is 0.848. The number of anilines is 1. The minimum absolute atomic E-state index is 0.298. The standard InChI is InChI=1S/C21H18N6O2/c1-29-16-10-15(11-25-19(16)22)18-17(12-5-7-24-8-6-12)26-21(27-18)14-4-2-3-13(9-14)20(23)28/h2-11H,1H3,(H2,22,25)(H2,23,28)(H,26,27). The third-order valence-corrected chi connectivity index (χ3v) is 4.47. The summed E-state index contributed by atoms with van der Waals surface area (Å²) in [6, 6.07) is 12.5. The molecule has 4 aromatic rings. The van der Waals surface area contributed by atoms with E-state index in [9.17, 15) is 4.79 Å². The Hall–Kier alpha value is -4.20. The van der Waals surface area contributed by atoms with Crippen molar-refractivity contribution in [2.24, 2.45) is 5.73 Å². The van der Waals surface area contributed by atoms with Crippen LogP contribution in [0.5, 0.6) is 5.75 Å². The number of nitrogens with two attached hydrogens (primary N) is 2. The SMILES string of the molecule is COc1cc(-c2nc(-c3cccc(C(N)=O)c3)[nH]c2-c2ccncc2)cnc1N. The number of hydrogen-bond acceptors (Lipinski definition) is 6. The van der Waals surface area contributed by atoms with E-state index in [2.05, 4.69) is 15.0 Å². The molecule has 8 heteroatoms. The highest BCUT2D eigenvalue weighted by Crippen LogP contribution is 2.35. The topological polar surface area (TPSA) is 133 Å². The quantitative estimate of drug-likeness (QED) is 0.483. The van der Waals surface area contributed by atoms with Crippen LogP contribution in [0.1, 0.15) is 10.4 Å². The highest BCUT2D eigenvalue weighted by molar-refractivity contribution is 5.94. The van der Waals surface area contributed by atoms with Crippen molar-refractivity contribution in [3.8, 4) is 39.7 Å². The van der Waals surface area contributed by atoms with Crippen LogP contribution in [0, 0.1) is 0 Å². The van der Waals surface area contributed by atoms with Gasteiger partial charge in [-0.25, -0.2) is 9.97 Å². The molecule has 0 aliphatic carbocycles. The van der Waals surface area contributed by atoms with E-state index in [-0.39, 0.29) is 0 Å². The number of rotatable bonds is 5. The average Bonchev–Trinajstić information content (AvgIpc) is 3.20. The number of nitrogens with zero attached hydrogens (tertiary/aromatic N) is 3. The maximum absolute atomic E-state index is 11.6. The molecule has 0 aliphatic heterocycles. The van der Waals surface area contributed by atoms with Crippen LogP contribution in [0.25, 0.3) is 33.9 Å². The molecule has 144 valence electrons. The van der Waals surface area contributed by atoms with Gasteiger partial charge < -0.3 is 21.2 Å². The number of hydrogen-bond donors (Lipinski definition) is 3. The van der Waals surface area contributed by atoms with Crippen molar-refractivity contribution in [3.05, 3.63) is 66.6 Å². The minimum atomic E-state index is -0.500. The van der Waals surface area contributed by atoms with Crippen molar-refractivity contribution >= 4 is 11.7 Å². The number of aromatic nitrogens is 4. The predicted molar refractivity (Wildman–Crippen MR) is 110 cm³/mol. The first-order chi connectivity index (χ1) is 14.1. The summed E-state index contributed by atoms with van der Waals surface area (Å²) < 4.78 is 5.30. The number of nitrogens with one attached hydrogen (secondary N) is 1. The van der Waals surface area contributed by atoms with Crippen molar-refractivity contribution in [1.29, 1.82) is 0 Å². The Kier molecular flexibility index (Phi) is 4.66. The van der Waals surface area contributed by atoms with Gasteiger partial charge in [-0.1, -0.05) is 12.1 Å². The van der Waals surface area contributed by atoms with Crippen molar-refractivity contribution in [1.82, 2.24) is 19.9 Å². The maximum Gasteiger partial charge on any atom is 0.248 e. The molecule has 0 saturated carbocycles. The number of carbonyl (C=O) groups excluding carboxylic acids is 1. The Morgan fingerprint density at radius 1 is 1.07 bits per heavy atom. The average molecular weight is 386 g/mol. The molecule has 5 N–H and O–H groups in total. The molecule has 0 atom stereocenters. The Balaban J connectivity index is 1.90. The highest BCUT2D eigenvalue weighted by atomic mass is 16.5. The summed E-state index contributed by atoms with van der Waals surface area (Å²) in [6.45, 7) is 0. The summed E-state index contributed by atoms with van der Waals surface area (Å²) in [5.41, 5.74) is 15.5. The molecular formula is C21H18N6O2. The number of carbonyl (C=O) groups is 1. The molecular weight excluding hydrogens is 368 g/mol. The zero-order valence-corrected chi connectivity index (χ0v) is 15.6. The summed E-state index contributed by atoms with van der Waals surface area (Å²) in [4.78, 5) is 27.9. The van der Waals surface area contributed by atoms with E-state index in [1.807, 2.05) is 18.2 Å². The van der Waals surface area contributed by atoms with Crippen LogP contribution >= 0.6 is 0 Å². The van der Waals surface area contributed by atoms with E-state index in [4.69, 9.17) is 21.2 Å². The van der Waals surface area contributed by atoms with Crippen LogP contribution in [0.2, 0.25) is 0 Å². The van der Waals surface area contributed by atoms with E-state index >= 15 is 0 Å². The van der Waals surface area contributed by atoms with Crippen molar-refractivity contribution in [3.63, 3.8) is 0 Å². The van der Waals surface area contributed by atoms with Crippen LogP contribution < -0.4 is 16.2 Å². The first-order valence-electron chi connectivity index (χ1n) is 8.77. The highest BCUT2D eigenvalue weighted by Gasteiger charge is 2.17. The molecule has 0 fully saturated rings. The van der Waals surface area contributed by atoms with Gasteiger partial charge in [0.2, 0.25) is 5.91 Å². The number of primary amides is 1. The molecule has 3 aromatic heterocycles. The fourth-order valence-electron chi connectivity index (χ4n) is 3.01.